The van der Waals surface area contributed by atoms with Crippen molar-refractivity contribution >= 4 is 28.3 Å². The Kier molecular flexibility index (Phi) is 3.85. The summed E-state index contributed by atoms with van der Waals surface area (Å²) in [5.41, 5.74) is 0.705. The maximum atomic E-state index is 12.9. The first-order valence-electron chi connectivity index (χ1n) is 10.4. The van der Waals surface area contributed by atoms with E-state index in [1.807, 2.05) is 54.6 Å². The van der Waals surface area contributed by atoms with Gasteiger partial charge in [0.15, 0.2) is 0 Å². The number of ether oxygens (including phenoxy) is 2. The Bertz CT molecular complexity index is 1150. The molecule has 3 aliphatic rings. The summed E-state index contributed by atoms with van der Waals surface area (Å²) in [6, 6.07) is 21.5. The van der Waals surface area contributed by atoms with Crippen LogP contribution in [0.2, 0.25) is 0 Å². The van der Waals surface area contributed by atoms with Crippen LogP contribution >= 0.6 is 0 Å². The van der Waals surface area contributed by atoms with Crippen LogP contribution in [0.5, 0.6) is 11.5 Å². The molecule has 5 nitrogen and oxygen atoms in total. The van der Waals surface area contributed by atoms with E-state index in [2.05, 4.69) is 17.4 Å². The predicted molar refractivity (Wildman–Crippen MR) is 112 cm³/mol. The van der Waals surface area contributed by atoms with Crippen LogP contribution in [0.15, 0.2) is 66.7 Å². The standard InChI is InChI=1S/C25H21NO4/c27-24(22-16-12-20-21(13-16)30-25(28)23(20)22)26-17-6-9-18(10-7-17)29-19-8-5-14-3-1-2-4-15(14)11-19/h1-11,16,20-23H,12-13H2,(H,26,27)/t16-,20+,21-,22-,23-/m1/s1. The van der Waals surface area contributed by atoms with Crippen LogP contribution in [0.1, 0.15) is 12.8 Å². The van der Waals surface area contributed by atoms with Crippen LogP contribution in [0.25, 0.3) is 10.8 Å². The number of fused-ring (bicyclic) bond motifs is 2. The molecular formula is C25H21NO4. The second-order valence-corrected chi connectivity index (χ2v) is 8.55. The molecule has 1 aliphatic heterocycles. The van der Waals surface area contributed by atoms with Gasteiger partial charge in [0.2, 0.25) is 5.91 Å². The Morgan fingerprint density at radius 1 is 0.933 bits per heavy atom. The largest absolute Gasteiger partial charge is 0.462 e. The smallest absolute Gasteiger partial charge is 0.310 e. The van der Waals surface area contributed by atoms with Gasteiger partial charge < -0.3 is 14.8 Å². The maximum absolute atomic E-state index is 12.9. The van der Waals surface area contributed by atoms with Crippen LogP contribution in [-0.4, -0.2) is 18.0 Å². The van der Waals surface area contributed by atoms with Crippen molar-refractivity contribution in [1.29, 1.82) is 0 Å². The lowest BCUT2D eigenvalue weighted by Crippen LogP contribution is -2.35. The second kappa shape index (κ2) is 6.59. The third-order valence-electron chi connectivity index (χ3n) is 6.86. The van der Waals surface area contributed by atoms with Crippen molar-refractivity contribution < 1.29 is 19.1 Å². The number of benzene rings is 3. The molecule has 30 heavy (non-hydrogen) atoms. The van der Waals surface area contributed by atoms with E-state index in [-0.39, 0.29) is 41.7 Å². The molecule has 2 aliphatic carbocycles. The second-order valence-electron chi connectivity index (χ2n) is 8.55. The molecule has 150 valence electrons. The summed E-state index contributed by atoms with van der Waals surface area (Å²) in [6.45, 7) is 0. The van der Waals surface area contributed by atoms with Crippen molar-refractivity contribution in [3.63, 3.8) is 0 Å². The summed E-state index contributed by atoms with van der Waals surface area (Å²) in [4.78, 5) is 25.0. The number of esters is 1. The van der Waals surface area contributed by atoms with E-state index in [1.54, 1.807) is 0 Å². The van der Waals surface area contributed by atoms with Crippen LogP contribution < -0.4 is 10.1 Å². The summed E-state index contributed by atoms with van der Waals surface area (Å²) in [5.74, 6) is 1.16. The molecule has 3 aromatic carbocycles. The number of carbonyl (C=O) groups is 2. The Labute approximate surface area is 174 Å². The predicted octanol–water partition coefficient (Wildman–Crippen LogP) is 4.77. The minimum Gasteiger partial charge on any atom is -0.462 e. The van der Waals surface area contributed by atoms with E-state index in [0.717, 1.165) is 24.0 Å². The molecule has 5 heteroatoms. The molecule has 1 heterocycles. The minimum atomic E-state index is -0.269. The van der Waals surface area contributed by atoms with Crippen LogP contribution in [0.3, 0.4) is 0 Å². The highest BCUT2D eigenvalue weighted by Crippen LogP contribution is 2.57. The van der Waals surface area contributed by atoms with Gasteiger partial charge in [0.05, 0.1) is 11.8 Å². The van der Waals surface area contributed by atoms with Crippen molar-refractivity contribution in [2.45, 2.75) is 18.9 Å². The highest BCUT2D eigenvalue weighted by Gasteiger charge is 2.63. The highest BCUT2D eigenvalue weighted by atomic mass is 16.6. The number of hydrogen-bond acceptors (Lipinski definition) is 4. The van der Waals surface area contributed by atoms with Gasteiger partial charge in [0, 0.05) is 11.6 Å². The Balaban J connectivity index is 1.15. The molecule has 3 fully saturated rings. The lowest BCUT2D eigenvalue weighted by Gasteiger charge is -2.23. The molecule has 0 radical (unpaired) electrons. The molecule has 0 spiro atoms. The molecule has 0 aromatic heterocycles. The first-order valence-corrected chi connectivity index (χ1v) is 10.4. The lowest BCUT2D eigenvalue weighted by molar-refractivity contribution is -0.145. The van der Waals surface area contributed by atoms with E-state index < -0.39 is 0 Å². The van der Waals surface area contributed by atoms with Crippen molar-refractivity contribution in [3.8, 4) is 11.5 Å². The quantitative estimate of drug-likeness (QED) is 0.642. The Morgan fingerprint density at radius 3 is 2.53 bits per heavy atom. The summed E-state index contributed by atoms with van der Waals surface area (Å²) < 4.78 is 11.4. The first kappa shape index (κ1) is 17.5. The fourth-order valence-corrected chi connectivity index (χ4v) is 5.56. The van der Waals surface area contributed by atoms with Gasteiger partial charge in [-0.2, -0.15) is 0 Å². The normalized spacial score (nSPS) is 28.5. The molecule has 2 bridgehead atoms. The zero-order valence-electron chi connectivity index (χ0n) is 16.3. The van der Waals surface area contributed by atoms with Crippen molar-refractivity contribution in [2.75, 3.05) is 5.32 Å². The molecule has 1 N–H and O–H groups in total. The molecule has 2 saturated carbocycles. The molecule has 6 rings (SSSR count). The molecule has 3 aromatic rings. The number of carbonyl (C=O) groups excluding carboxylic acids is 2. The van der Waals surface area contributed by atoms with Crippen LogP contribution in [0, 0.1) is 23.7 Å². The summed E-state index contributed by atoms with van der Waals surface area (Å²) >= 11 is 0. The Hall–Kier alpha value is -3.34. The van der Waals surface area contributed by atoms with Gasteiger partial charge in [0.25, 0.3) is 0 Å². The highest BCUT2D eigenvalue weighted by molar-refractivity contribution is 5.97. The maximum Gasteiger partial charge on any atom is 0.310 e. The molecule has 5 atom stereocenters. The number of amides is 1. The van der Waals surface area contributed by atoms with Crippen LogP contribution in [-0.2, 0) is 14.3 Å². The summed E-state index contributed by atoms with van der Waals surface area (Å²) in [7, 11) is 0. The fraction of sp³-hybridized carbons (Fsp3) is 0.280. The van der Waals surface area contributed by atoms with Gasteiger partial charge in [-0.15, -0.1) is 0 Å². The minimum absolute atomic E-state index is 0.0445. The monoisotopic (exact) mass is 399 g/mol. The van der Waals surface area contributed by atoms with E-state index in [9.17, 15) is 9.59 Å². The van der Waals surface area contributed by atoms with E-state index in [1.165, 1.54) is 5.39 Å². The van der Waals surface area contributed by atoms with Crippen molar-refractivity contribution in [2.24, 2.45) is 23.7 Å². The fourth-order valence-electron chi connectivity index (χ4n) is 5.56. The third kappa shape index (κ3) is 2.76. The molecule has 0 unspecified atom stereocenters. The molecule has 1 saturated heterocycles. The summed E-state index contributed by atoms with van der Waals surface area (Å²) in [5, 5.41) is 5.28. The average molecular weight is 399 g/mol. The van der Waals surface area contributed by atoms with Crippen molar-refractivity contribution in [1.82, 2.24) is 0 Å². The number of hydrogen-bond donors (Lipinski definition) is 1. The molecule has 1 amide bonds. The van der Waals surface area contributed by atoms with E-state index in [0.29, 0.717) is 11.4 Å². The van der Waals surface area contributed by atoms with Crippen molar-refractivity contribution in [3.05, 3.63) is 66.7 Å². The zero-order valence-corrected chi connectivity index (χ0v) is 16.3. The first-order chi connectivity index (χ1) is 14.7. The topological polar surface area (TPSA) is 64.6 Å². The van der Waals surface area contributed by atoms with Crippen LogP contribution in [0.4, 0.5) is 5.69 Å². The molecular weight excluding hydrogens is 378 g/mol. The van der Waals surface area contributed by atoms with Gasteiger partial charge in [-0.25, -0.2) is 0 Å². The lowest BCUT2D eigenvalue weighted by atomic mass is 9.79. The van der Waals surface area contributed by atoms with Gasteiger partial charge in [-0.05, 0) is 65.9 Å². The SMILES string of the molecule is O=C(Nc1ccc(Oc2ccc3ccccc3c2)cc1)[C@@H]1[C@@H]2C[C@@H]3[C@H]1C(=O)O[C@@H]3C2. The third-order valence-corrected chi connectivity index (χ3v) is 6.86. The number of nitrogens with one attached hydrogen (secondary N) is 1. The van der Waals surface area contributed by atoms with E-state index in [4.69, 9.17) is 9.47 Å². The average Bonchev–Trinajstić information content (AvgIpc) is 3.38. The van der Waals surface area contributed by atoms with Gasteiger partial charge in [-0.1, -0.05) is 30.3 Å². The zero-order chi connectivity index (χ0) is 20.2. The van der Waals surface area contributed by atoms with Gasteiger partial charge >= 0.3 is 5.97 Å². The summed E-state index contributed by atoms with van der Waals surface area (Å²) in [6.07, 6.45) is 1.80. The van der Waals surface area contributed by atoms with Gasteiger partial charge in [0.1, 0.15) is 17.6 Å². The number of anilines is 1. The van der Waals surface area contributed by atoms with Gasteiger partial charge in [-0.3, -0.25) is 9.59 Å². The van der Waals surface area contributed by atoms with E-state index >= 15 is 0 Å². The number of rotatable bonds is 4. The Morgan fingerprint density at radius 2 is 1.70 bits per heavy atom.